The highest BCUT2D eigenvalue weighted by atomic mass is 16.5. The summed E-state index contributed by atoms with van der Waals surface area (Å²) < 4.78 is 11.1. The molecule has 0 fully saturated rings. The summed E-state index contributed by atoms with van der Waals surface area (Å²) in [6, 6.07) is 7.09. The Balaban J connectivity index is 1.95. The van der Waals surface area contributed by atoms with Crippen molar-refractivity contribution in [2.75, 3.05) is 12.4 Å². The standard InChI is InChI=1S/C20H25N5O3/c1-11-16-14(24-25-19(21)22)9-20(2,3)10-15(16)28-17(11)18(26)23-12-5-7-13(27-4)8-6-12/h5-8H,9-10H2,1-4H3,(H,23,26)(H4,21,22,25)/b24-14-. The van der Waals surface area contributed by atoms with E-state index < -0.39 is 0 Å². The van der Waals surface area contributed by atoms with Crippen LogP contribution in [0.25, 0.3) is 0 Å². The van der Waals surface area contributed by atoms with Crippen molar-refractivity contribution in [1.82, 2.24) is 0 Å². The largest absolute Gasteiger partial charge is 0.497 e. The van der Waals surface area contributed by atoms with Gasteiger partial charge in [-0.15, -0.1) is 5.10 Å². The van der Waals surface area contributed by atoms with Crippen LogP contribution in [-0.4, -0.2) is 24.7 Å². The predicted molar refractivity (Wildman–Crippen MR) is 109 cm³/mol. The van der Waals surface area contributed by atoms with Crippen LogP contribution in [-0.2, 0) is 6.42 Å². The molecule has 1 amide bonds. The Labute approximate surface area is 163 Å². The number of methoxy groups -OCH3 is 1. The summed E-state index contributed by atoms with van der Waals surface area (Å²) in [5, 5.41) is 10.9. The molecule has 1 aliphatic rings. The van der Waals surface area contributed by atoms with E-state index in [9.17, 15) is 4.79 Å². The third-order valence-electron chi connectivity index (χ3n) is 4.63. The Morgan fingerprint density at radius 1 is 1.21 bits per heavy atom. The number of anilines is 1. The van der Waals surface area contributed by atoms with Gasteiger partial charge >= 0.3 is 0 Å². The zero-order valence-corrected chi connectivity index (χ0v) is 16.5. The number of hydrogen-bond acceptors (Lipinski definition) is 5. The number of nitrogens with zero attached hydrogens (tertiary/aromatic N) is 2. The molecule has 1 aliphatic carbocycles. The van der Waals surface area contributed by atoms with Gasteiger partial charge in [0, 0.05) is 23.2 Å². The molecule has 0 aliphatic heterocycles. The normalized spacial score (nSPS) is 16.4. The summed E-state index contributed by atoms with van der Waals surface area (Å²) in [7, 11) is 1.59. The zero-order chi connectivity index (χ0) is 20.5. The van der Waals surface area contributed by atoms with Crippen LogP contribution in [0.15, 0.2) is 38.9 Å². The number of hydrogen-bond donors (Lipinski definition) is 3. The molecule has 0 radical (unpaired) electrons. The van der Waals surface area contributed by atoms with Crippen LogP contribution >= 0.6 is 0 Å². The summed E-state index contributed by atoms with van der Waals surface area (Å²) in [6.45, 7) is 6.06. The van der Waals surface area contributed by atoms with Gasteiger partial charge in [-0.3, -0.25) is 4.79 Å². The van der Waals surface area contributed by atoms with E-state index in [-0.39, 0.29) is 23.0 Å². The molecule has 5 N–H and O–H groups in total. The van der Waals surface area contributed by atoms with Crippen molar-refractivity contribution in [2.45, 2.75) is 33.6 Å². The first-order chi connectivity index (χ1) is 13.2. The van der Waals surface area contributed by atoms with E-state index in [0.717, 1.165) is 16.9 Å². The number of carbonyl (C=O) groups is 1. The van der Waals surface area contributed by atoms with E-state index in [1.54, 1.807) is 31.4 Å². The second kappa shape index (κ2) is 7.38. The minimum Gasteiger partial charge on any atom is -0.497 e. The fourth-order valence-corrected chi connectivity index (χ4v) is 3.40. The van der Waals surface area contributed by atoms with Crippen molar-refractivity contribution in [1.29, 1.82) is 0 Å². The quantitative estimate of drug-likeness (QED) is 0.425. The molecule has 0 unspecified atom stereocenters. The Morgan fingerprint density at radius 2 is 1.89 bits per heavy atom. The Kier molecular flexibility index (Phi) is 5.13. The van der Waals surface area contributed by atoms with Crippen molar-refractivity contribution >= 4 is 23.3 Å². The molecule has 8 heteroatoms. The van der Waals surface area contributed by atoms with Gasteiger partial charge in [0.2, 0.25) is 5.96 Å². The summed E-state index contributed by atoms with van der Waals surface area (Å²) in [6.07, 6.45) is 1.37. The summed E-state index contributed by atoms with van der Waals surface area (Å²) in [5.74, 6) is 1.26. The monoisotopic (exact) mass is 383 g/mol. The number of furan rings is 1. The highest BCUT2D eigenvalue weighted by molar-refractivity contribution is 6.09. The van der Waals surface area contributed by atoms with Gasteiger partial charge < -0.3 is 25.9 Å². The van der Waals surface area contributed by atoms with Crippen LogP contribution in [0, 0.1) is 12.3 Å². The van der Waals surface area contributed by atoms with E-state index in [1.807, 2.05) is 6.92 Å². The molecular formula is C20H25N5O3. The van der Waals surface area contributed by atoms with Gasteiger partial charge in [0.15, 0.2) is 5.76 Å². The molecule has 8 nitrogen and oxygen atoms in total. The van der Waals surface area contributed by atoms with Gasteiger partial charge in [-0.05, 0) is 43.0 Å². The van der Waals surface area contributed by atoms with Gasteiger partial charge in [0.1, 0.15) is 11.5 Å². The highest BCUT2D eigenvalue weighted by Gasteiger charge is 2.36. The summed E-state index contributed by atoms with van der Waals surface area (Å²) in [4.78, 5) is 12.8. The molecule has 0 bridgehead atoms. The smallest absolute Gasteiger partial charge is 0.291 e. The van der Waals surface area contributed by atoms with E-state index in [4.69, 9.17) is 20.6 Å². The first kappa shape index (κ1) is 19.5. The number of ether oxygens (including phenoxy) is 1. The van der Waals surface area contributed by atoms with E-state index in [2.05, 4.69) is 29.4 Å². The van der Waals surface area contributed by atoms with Crippen LogP contribution in [0.5, 0.6) is 5.75 Å². The molecule has 148 valence electrons. The topological polar surface area (TPSA) is 128 Å². The number of benzene rings is 1. The second-order valence-corrected chi connectivity index (χ2v) is 7.63. The maximum atomic E-state index is 12.8. The lowest BCUT2D eigenvalue weighted by Crippen LogP contribution is -2.27. The SMILES string of the molecule is COc1ccc(NC(=O)c2oc3c(c2C)/C(=N\N=C(N)N)CC(C)(C)C3)cc1. The predicted octanol–water partition coefficient (Wildman–Crippen LogP) is 2.80. The number of carbonyl (C=O) groups excluding carboxylic acids is 1. The number of nitrogens with one attached hydrogen (secondary N) is 1. The Hall–Kier alpha value is -3.29. The number of rotatable bonds is 4. The zero-order valence-electron chi connectivity index (χ0n) is 16.5. The second-order valence-electron chi connectivity index (χ2n) is 7.63. The molecule has 3 rings (SSSR count). The van der Waals surface area contributed by atoms with Crippen LogP contribution in [0.2, 0.25) is 0 Å². The molecule has 0 saturated heterocycles. The number of guanidine groups is 1. The van der Waals surface area contributed by atoms with Gasteiger partial charge in [0.25, 0.3) is 5.91 Å². The third kappa shape index (κ3) is 4.00. The van der Waals surface area contributed by atoms with Gasteiger partial charge in [-0.2, -0.15) is 5.10 Å². The Morgan fingerprint density at radius 3 is 2.50 bits per heavy atom. The first-order valence-corrected chi connectivity index (χ1v) is 8.93. The van der Waals surface area contributed by atoms with Crippen LogP contribution in [0.4, 0.5) is 5.69 Å². The molecule has 1 aromatic heterocycles. The fraction of sp³-hybridized carbons (Fsp3) is 0.350. The molecular weight excluding hydrogens is 358 g/mol. The first-order valence-electron chi connectivity index (χ1n) is 8.93. The number of nitrogens with two attached hydrogens (primary N) is 2. The lowest BCUT2D eigenvalue weighted by atomic mass is 9.75. The molecule has 2 aromatic rings. The average Bonchev–Trinajstić information content (AvgIpc) is 2.95. The number of fused-ring (bicyclic) bond motifs is 1. The molecule has 0 saturated carbocycles. The van der Waals surface area contributed by atoms with Gasteiger partial charge in [-0.1, -0.05) is 13.8 Å². The van der Waals surface area contributed by atoms with Crippen molar-refractivity contribution in [3.63, 3.8) is 0 Å². The van der Waals surface area contributed by atoms with E-state index in [0.29, 0.717) is 30.0 Å². The molecule has 1 aromatic carbocycles. The molecule has 0 atom stereocenters. The molecule has 1 heterocycles. The van der Waals surface area contributed by atoms with Crippen molar-refractivity contribution in [3.8, 4) is 5.75 Å². The number of amides is 1. The van der Waals surface area contributed by atoms with Crippen LogP contribution < -0.4 is 21.5 Å². The third-order valence-corrected chi connectivity index (χ3v) is 4.63. The summed E-state index contributed by atoms with van der Waals surface area (Å²) >= 11 is 0. The van der Waals surface area contributed by atoms with Gasteiger partial charge in [0.05, 0.1) is 12.8 Å². The lowest BCUT2D eigenvalue weighted by Gasteiger charge is -2.29. The minimum atomic E-state index is -0.323. The maximum Gasteiger partial charge on any atom is 0.291 e. The minimum absolute atomic E-state index is 0.0846. The van der Waals surface area contributed by atoms with Crippen LogP contribution in [0.1, 0.15) is 47.7 Å². The molecule has 0 spiro atoms. The van der Waals surface area contributed by atoms with E-state index in [1.165, 1.54) is 0 Å². The molecule has 28 heavy (non-hydrogen) atoms. The lowest BCUT2D eigenvalue weighted by molar-refractivity contribution is 0.0993. The van der Waals surface area contributed by atoms with E-state index >= 15 is 0 Å². The summed E-state index contributed by atoms with van der Waals surface area (Å²) in [5.41, 5.74) is 13.6. The van der Waals surface area contributed by atoms with Crippen molar-refractivity contribution in [2.24, 2.45) is 27.1 Å². The Bertz CT molecular complexity index is 951. The average molecular weight is 383 g/mol. The fourth-order valence-electron chi connectivity index (χ4n) is 3.40. The highest BCUT2D eigenvalue weighted by Crippen LogP contribution is 2.39. The maximum absolute atomic E-state index is 12.8. The van der Waals surface area contributed by atoms with Crippen molar-refractivity contribution in [3.05, 3.63) is 46.9 Å². The van der Waals surface area contributed by atoms with Crippen LogP contribution in [0.3, 0.4) is 0 Å². The van der Waals surface area contributed by atoms with Crippen molar-refractivity contribution < 1.29 is 13.9 Å². The van der Waals surface area contributed by atoms with Gasteiger partial charge in [-0.25, -0.2) is 0 Å².